The maximum atomic E-state index is 5.43. The quantitative estimate of drug-likeness (QED) is 0.743. The third kappa shape index (κ3) is 1.98. The van der Waals surface area contributed by atoms with Crippen LogP contribution >= 0.6 is 0 Å². The molecule has 2 rings (SSSR count). The van der Waals surface area contributed by atoms with E-state index in [1.165, 1.54) is 5.56 Å². The second-order valence-corrected chi connectivity index (χ2v) is 3.72. The Hall–Kier alpha value is -1.06. The Morgan fingerprint density at radius 1 is 1.27 bits per heavy atom. The summed E-state index contributed by atoms with van der Waals surface area (Å²) >= 11 is 0. The van der Waals surface area contributed by atoms with Crippen LogP contribution in [0, 0.1) is 0 Å². The maximum Gasteiger partial charge on any atom is 0.153 e. The van der Waals surface area contributed by atoms with E-state index in [4.69, 9.17) is 9.57 Å². The summed E-state index contributed by atoms with van der Waals surface area (Å²) in [6, 6.07) is 8.33. The average Bonchev–Trinajstić information content (AvgIpc) is 2.47. The Morgan fingerprint density at radius 3 is 2.80 bits per heavy atom. The molecule has 0 radical (unpaired) electrons. The van der Waals surface area contributed by atoms with E-state index in [1.807, 2.05) is 11.1 Å². The molecule has 82 valence electrons. The van der Waals surface area contributed by atoms with Gasteiger partial charge in [0, 0.05) is 7.11 Å². The molecule has 0 N–H and O–H groups in total. The van der Waals surface area contributed by atoms with E-state index in [9.17, 15) is 0 Å². The Balaban J connectivity index is 2.36. The third-order valence-electron chi connectivity index (χ3n) is 2.86. The minimum absolute atomic E-state index is 0.0265. The Kier molecular flexibility index (Phi) is 3.23. The molecular weight excluding hydrogens is 190 g/mol. The van der Waals surface area contributed by atoms with Gasteiger partial charge in [-0.05, 0) is 30.9 Å². The Labute approximate surface area is 90.6 Å². The van der Waals surface area contributed by atoms with Gasteiger partial charge in [-0.15, -0.1) is 0 Å². The lowest BCUT2D eigenvalue weighted by atomic mass is 10.1. The van der Waals surface area contributed by atoms with Crippen molar-refractivity contribution in [2.24, 2.45) is 0 Å². The van der Waals surface area contributed by atoms with E-state index in [0.717, 1.165) is 24.9 Å². The van der Waals surface area contributed by atoms with Crippen LogP contribution in [-0.4, -0.2) is 20.4 Å². The smallest absolute Gasteiger partial charge is 0.153 e. The minimum atomic E-state index is 0.0265. The molecule has 0 bridgehead atoms. The summed E-state index contributed by atoms with van der Waals surface area (Å²) in [5, 5.41) is 1.86. The van der Waals surface area contributed by atoms with Crippen LogP contribution in [0.5, 0.6) is 0 Å². The number of para-hydroxylation sites is 1. The van der Waals surface area contributed by atoms with Crippen molar-refractivity contribution in [2.75, 3.05) is 19.3 Å². The number of rotatable bonds is 2. The standard InChI is InChI=1S/C12H17NO2/c1-14-12-9-5-7-10-6-3-4-8-11(10)13(12)15-2/h3-4,6,8,12H,5,7,9H2,1-2H3. The van der Waals surface area contributed by atoms with Crippen molar-refractivity contribution < 1.29 is 9.57 Å². The van der Waals surface area contributed by atoms with Crippen LogP contribution in [-0.2, 0) is 16.0 Å². The van der Waals surface area contributed by atoms with Gasteiger partial charge in [0.15, 0.2) is 6.23 Å². The van der Waals surface area contributed by atoms with Crippen molar-refractivity contribution in [1.82, 2.24) is 0 Å². The molecule has 1 aliphatic heterocycles. The molecule has 0 aromatic heterocycles. The van der Waals surface area contributed by atoms with E-state index in [2.05, 4.69) is 18.2 Å². The van der Waals surface area contributed by atoms with E-state index in [-0.39, 0.29) is 6.23 Å². The fourth-order valence-corrected chi connectivity index (χ4v) is 2.11. The first kappa shape index (κ1) is 10.5. The summed E-state index contributed by atoms with van der Waals surface area (Å²) < 4.78 is 5.43. The number of ether oxygens (including phenoxy) is 1. The van der Waals surface area contributed by atoms with Crippen LogP contribution in [0.25, 0.3) is 0 Å². The summed E-state index contributed by atoms with van der Waals surface area (Å²) in [5.41, 5.74) is 2.46. The predicted octanol–water partition coefficient (Wildman–Crippen LogP) is 2.36. The molecule has 0 spiro atoms. The molecule has 1 heterocycles. The number of fused-ring (bicyclic) bond motifs is 1. The second kappa shape index (κ2) is 4.64. The molecule has 1 atom stereocenters. The lowest BCUT2D eigenvalue weighted by Gasteiger charge is -2.29. The number of nitrogens with zero attached hydrogens (tertiary/aromatic N) is 1. The van der Waals surface area contributed by atoms with E-state index in [0.29, 0.717) is 0 Å². The molecule has 3 heteroatoms. The lowest BCUT2D eigenvalue weighted by Crippen LogP contribution is -2.35. The van der Waals surface area contributed by atoms with E-state index < -0.39 is 0 Å². The molecule has 0 saturated carbocycles. The molecule has 1 aromatic rings. The van der Waals surface area contributed by atoms with Crippen molar-refractivity contribution in [3.63, 3.8) is 0 Å². The first-order valence-corrected chi connectivity index (χ1v) is 5.31. The van der Waals surface area contributed by atoms with Gasteiger partial charge < -0.3 is 4.74 Å². The molecular formula is C12H17NO2. The van der Waals surface area contributed by atoms with Crippen LogP contribution in [0.4, 0.5) is 5.69 Å². The highest BCUT2D eigenvalue weighted by atomic mass is 16.7. The third-order valence-corrected chi connectivity index (χ3v) is 2.86. The van der Waals surface area contributed by atoms with E-state index >= 15 is 0 Å². The highest BCUT2D eigenvalue weighted by molar-refractivity contribution is 5.52. The lowest BCUT2D eigenvalue weighted by molar-refractivity contribution is 0.000391. The highest BCUT2D eigenvalue weighted by Crippen LogP contribution is 2.29. The van der Waals surface area contributed by atoms with Crippen molar-refractivity contribution in [3.05, 3.63) is 29.8 Å². The number of anilines is 1. The topological polar surface area (TPSA) is 21.7 Å². The SMILES string of the molecule is COC1CCCc2ccccc2N1OC. The predicted molar refractivity (Wildman–Crippen MR) is 59.7 cm³/mol. The van der Waals surface area contributed by atoms with Gasteiger partial charge in [0.05, 0.1) is 12.8 Å². The molecule has 0 aliphatic carbocycles. The Bertz CT molecular complexity index is 327. The number of hydrogen-bond acceptors (Lipinski definition) is 3. The first-order valence-electron chi connectivity index (χ1n) is 5.31. The summed E-state index contributed by atoms with van der Waals surface area (Å²) in [6.45, 7) is 0. The molecule has 15 heavy (non-hydrogen) atoms. The summed E-state index contributed by atoms with van der Waals surface area (Å²) in [6.07, 6.45) is 3.25. The van der Waals surface area contributed by atoms with Crippen LogP contribution in [0.1, 0.15) is 18.4 Å². The molecule has 0 amide bonds. The van der Waals surface area contributed by atoms with Gasteiger partial charge in [-0.2, -0.15) is 0 Å². The van der Waals surface area contributed by atoms with Gasteiger partial charge in [0.1, 0.15) is 0 Å². The van der Waals surface area contributed by atoms with Gasteiger partial charge in [0.25, 0.3) is 0 Å². The van der Waals surface area contributed by atoms with E-state index in [1.54, 1.807) is 14.2 Å². The average molecular weight is 207 g/mol. The molecule has 3 nitrogen and oxygen atoms in total. The zero-order valence-electron chi connectivity index (χ0n) is 9.27. The number of aryl methyl sites for hydroxylation is 1. The molecule has 1 aliphatic rings. The fraction of sp³-hybridized carbons (Fsp3) is 0.500. The maximum absolute atomic E-state index is 5.43. The zero-order chi connectivity index (χ0) is 10.7. The van der Waals surface area contributed by atoms with Crippen LogP contribution in [0.3, 0.4) is 0 Å². The van der Waals surface area contributed by atoms with Gasteiger partial charge in [-0.1, -0.05) is 18.2 Å². The second-order valence-electron chi connectivity index (χ2n) is 3.72. The number of benzene rings is 1. The monoisotopic (exact) mass is 207 g/mol. The molecule has 1 unspecified atom stereocenters. The normalized spacial score (nSPS) is 20.9. The van der Waals surface area contributed by atoms with Crippen molar-refractivity contribution in [2.45, 2.75) is 25.5 Å². The largest absolute Gasteiger partial charge is 0.359 e. The molecule has 0 saturated heterocycles. The molecule has 1 aromatic carbocycles. The number of hydroxylamine groups is 1. The van der Waals surface area contributed by atoms with Crippen LogP contribution in [0.15, 0.2) is 24.3 Å². The Morgan fingerprint density at radius 2 is 2.07 bits per heavy atom. The highest BCUT2D eigenvalue weighted by Gasteiger charge is 2.23. The van der Waals surface area contributed by atoms with Gasteiger partial charge in [0.2, 0.25) is 0 Å². The summed E-state index contributed by atoms with van der Waals surface area (Å²) in [7, 11) is 3.42. The van der Waals surface area contributed by atoms with Crippen molar-refractivity contribution >= 4 is 5.69 Å². The van der Waals surface area contributed by atoms with Gasteiger partial charge >= 0.3 is 0 Å². The minimum Gasteiger partial charge on any atom is -0.359 e. The van der Waals surface area contributed by atoms with Crippen LogP contribution in [0.2, 0.25) is 0 Å². The first-order chi connectivity index (χ1) is 7.36. The zero-order valence-corrected chi connectivity index (χ0v) is 9.27. The fourth-order valence-electron chi connectivity index (χ4n) is 2.11. The summed E-state index contributed by atoms with van der Waals surface area (Å²) in [4.78, 5) is 5.41. The number of methoxy groups -OCH3 is 1. The van der Waals surface area contributed by atoms with Crippen LogP contribution < -0.4 is 5.06 Å². The van der Waals surface area contributed by atoms with Gasteiger partial charge in [-0.25, -0.2) is 5.06 Å². The molecule has 0 fully saturated rings. The van der Waals surface area contributed by atoms with Crippen molar-refractivity contribution in [3.8, 4) is 0 Å². The van der Waals surface area contributed by atoms with Crippen molar-refractivity contribution in [1.29, 1.82) is 0 Å². The summed E-state index contributed by atoms with van der Waals surface area (Å²) in [5.74, 6) is 0. The number of hydrogen-bond donors (Lipinski definition) is 0. The van der Waals surface area contributed by atoms with Gasteiger partial charge in [-0.3, -0.25) is 4.84 Å².